The molecule has 0 bridgehead atoms. The molecule has 0 radical (unpaired) electrons. The third-order valence-corrected chi connectivity index (χ3v) is 4.81. The van der Waals surface area contributed by atoms with Gasteiger partial charge in [0.15, 0.2) is 0 Å². The van der Waals surface area contributed by atoms with Crippen molar-refractivity contribution in [3.05, 3.63) is 35.9 Å². The van der Waals surface area contributed by atoms with Gasteiger partial charge in [-0.05, 0) is 37.7 Å². The summed E-state index contributed by atoms with van der Waals surface area (Å²) in [5, 5.41) is 5.87. The van der Waals surface area contributed by atoms with Crippen molar-refractivity contribution in [1.29, 1.82) is 0 Å². The van der Waals surface area contributed by atoms with E-state index in [9.17, 15) is 9.59 Å². The van der Waals surface area contributed by atoms with E-state index in [1.807, 2.05) is 30.3 Å². The van der Waals surface area contributed by atoms with Crippen LogP contribution in [0.15, 0.2) is 30.3 Å². The largest absolute Gasteiger partial charge is 0.354 e. The van der Waals surface area contributed by atoms with Crippen LogP contribution in [0.1, 0.15) is 44.1 Å². The fraction of sp³-hybridized carbons (Fsp3) is 0.529. The van der Waals surface area contributed by atoms with Gasteiger partial charge in [0.05, 0.1) is 5.41 Å². The third-order valence-electron chi connectivity index (χ3n) is 4.81. The molecule has 1 aliphatic heterocycles. The molecule has 2 amide bonds. The zero-order valence-electron chi connectivity index (χ0n) is 12.2. The number of hydrogen-bond donors (Lipinski definition) is 2. The zero-order valence-corrected chi connectivity index (χ0v) is 12.2. The Morgan fingerprint density at radius 2 is 1.90 bits per heavy atom. The molecule has 3 rings (SSSR count). The van der Waals surface area contributed by atoms with Crippen LogP contribution in [0.5, 0.6) is 0 Å². The Labute approximate surface area is 125 Å². The number of carbonyl (C=O) groups excluding carboxylic acids is 2. The lowest BCUT2D eigenvalue weighted by Crippen LogP contribution is -2.55. The van der Waals surface area contributed by atoms with E-state index in [2.05, 4.69) is 10.6 Å². The molecule has 2 N–H and O–H groups in total. The highest BCUT2D eigenvalue weighted by molar-refractivity contribution is 5.93. The SMILES string of the molecule is O=C1NCCCC[C@@H]1NC(=O)C1(c2ccccc2)CCC1. The second kappa shape index (κ2) is 5.88. The molecule has 1 atom stereocenters. The molecule has 0 spiro atoms. The molecule has 4 heteroatoms. The fourth-order valence-corrected chi connectivity index (χ4v) is 3.31. The van der Waals surface area contributed by atoms with E-state index in [1.54, 1.807) is 0 Å². The maximum atomic E-state index is 12.8. The third kappa shape index (κ3) is 2.67. The van der Waals surface area contributed by atoms with Crippen molar-refractivity contribution in [2.75, 3.05) is 6.54 Å². The van der Waals surface area contributed by atoms with Crippen molar-refractivity contribution in [3.8, 4) is 0 Å². The van der Waals surface area contributed by atoms with E-state index in [-0.39, 0.29) is 17.9 Å². The molecule has 1 aromatic carbocycles. The van der Waals surface area contributed by atoms with E-state index >= 15 is 0 Å². The number of hydrogen-bond acceptors (Lipinski definition) is 2. The molecule has 1 saturated carbocycles. The first kappa shape index (κ1) is 14.1. The summed E-state index contributed by atoms with van der Waals surface area (Å²) in [6, 6.07) is 9.58. The minimum Gasteiger partial charge on any atom is -0.354 e. The van der Waals surface area contributed by atoms with E-state index < -0.39 is 5.41 Å². The Kier molecular flexibility index (Phi) is 3.95. The minimum absolute atomic E-state index is 0.0157. The lowest BCUT2D eigenvalue weighted by Gasteiger charge is -2.41. The topological polar surface area (TPSA) is 58.2 Å². The Balaban J connectivity index is 1.75. The van der Waals surface area contributed by atoms with Crippen LogP contribution in [-0.4, -0.2) is 24.4 Å². The lowest BCUT2D eigenvalue weighted by atomic mass is 9.63. The van der Waals surface area contributed by atoms with Gasteiger partial charge in [-0.2, -0.15) is 0 Å². The van der Waals surface area contributed by atoms with Crippen molar-refractivity contribution in [2.45, 2.75) is 50.0 Å². The van der Waals surface area contributed by atoms with Crippen LogP contribution in [0.2, 0.25) is 0 Å². The van der Waals surface area contributed by atoms with E-state index in [4.69, 9.17) is 0 Å². The predicted octanol–water partition coefficient (Wildman–Crippen LogP) is 1.89. The van der Waals surface area contributed by atoms with Gasteiger partial charge >= 0.3 is 0 Å². The second-order valence-electron chi connectivity index (χ2n) is 6.11. The van der Waals surface area contributed by atoms with Crippen LogP contribution < -0.4 is 10.6 Å². The van der Waals surface area contributed by atoms with Crippen LogP contribution in [-0.2, 0) is 15.0 Å². The van der Waals surface area contributed by atoms with Crippen molar-refractivity contribution >= 4 is 11.8 Å². The Morgan fingerprint density at radius 3 is 2.57 bits per heavy atom. The molecule has 2 fully saturated rings. The average molecular weight is 286 g/mol. The summed E-state index contributed by atoms with van der Waals surface area (Å²) in [6.07, 6.45) is 5.51. The van der Waals surface area contributed by atoms with Gasteiger partial charge in [0.25, 0.3) is 0 Å². The predicted molar refractivity (Wildman–Crippen MR) is 80.8 cm³/mol. The Morgan fingerprint density at radius 1 is 1.14 bits per heavy atom. The molecule has 0 aromatic heterocycles. The first-order chi connectivity index (χ1) is 10.2. The number of rotatable bonds is 3. The molecule has 1 heterocycles. The average Bonchev–Trinajstić information content (AvgIpc) is 2.64. The molecule has 112 valence electrons. The quantitative estimate of drug-likeness (QED) is 0.891. The minimum atomic E-state index is -0.423. The van der Waals surface area contributed by atoms with Crippen LogP contribution in [0, 0.1) is 0 Å². The molecule has 1 aromatic rings. The maximum Gasteiger partial charge on any atom is 0.242 e. The van der Waals surface area contributed by atoms with Crippen molar-refractivity contribution in [3.63, 3.8) is 0 Å². The summed E-state index contributed by atoms with van der Waals surface area (Å²) in [4.78, 5) is 24.8. The summed E-state index contributed by atoms with van der Waals surface area (Å²) < 4.78 is 0. The van der Waals surface area contributed by atoms with E-state index in [1.165, 1.54) is 0 Å². The lowest BCUT2D eigenvalue weighted by molar-refractivity contribution is -0.134. The van der Waals surface area contributed by atoms with Crippen LogP contribution >= 0.6 is 0 Å². The van der Waals surface area contributed by atoms with Crippen LogP contribution in [0.25, 0.3) is 0 Å². The maximum absolute atomic E-state index is 12.8. The van der Waals surface area contributed by atoms with Gasteiger partial charge < -0.3 is 10.6 Å². The van der Waals surface area contributed by atoms with Gasteiger partial charge in [-0.25, -0.2) is 0 Å². The summed E-state index contributed by atoms with van der Waals surface area (Å²) >= 11 is 0. The monoisotopic (exact) mass is 286 g/mol. The first-order valence-corrected chi connectivity index (χ1v) is 7.87. The van der Waals surface area contributed by atoms with Gasteiger partial charge in [0, 0.05) is 6.54 Å². The molecule has 4 nitrogen and oxygen atoms in total. The van der Waals surface area contributed by atoms with Gasteiger partial charge in [-0.3, -0.25) is 9.59 Å². The highest BCUT2D eigenvalue weighted by Gasteiger charge is 2.46. The smallest absolute Gasteiger partial charge is 0.242 e. The molecular formula is C17H22N2O2. The van der Waals surface area contributed by atoms with Crippen molar-refractivity contribution < 1.29 is 9.59 Å². The zero-order chi connectivity index (χ0) is 14.7. The first-order valence-electron chi connectivity index (χ1n) is 7.87. The Bertz CT molecular complexity index is 523. The van der Waals surface area contributed by atoms with Gasteiger partial charge in [0.1, 0.15) is 6.04 Å². The number of carbonyl (C=O) groups is 2. The highest BCUT2D eigenvalue weighted by atomic mass is 16.2. The molecular weight excluding hydrogens is 264 g/mol. The van der Waals surface area contributed by atoms with Crippen molar-refractivity contribution in [2.24, 2.45) is 0 Å². The fourth-order valence-electron chi connectivity index (χ4n) is 3.31. The normalized spacial score (nSPS) is 24.4. The number of benzene rings is 1. The van der Waals surface area contributed by atoms with E-state index in [0.717, 1.165) is 50.6 Å². The van der Waals surface area contributed by atoms with E-state index in [0.29, 0.717) is 0 Å². The molecule has 2 aliphatic rings. The van der Waals surface area contributed by atoms with Crippen LogP contribution in [0.4, 0.5) is 0 Å². The standard InChI is InChI=1S/C17H22N2O2/c20-15-14(9-4-5-12-18-15)19-16(21)17(10-6-11-17)13-7-2-1-3-8-13/h1-3,7-8,14H,4-6,9-12H2,(H,18,20)(H,19,21)/t14-/m0/s1. The summed E-state index contributed by atoms with van der Waals surface area (Å²) in [5.74, 6) is -0.0228. The number of amides is 2. The van der Waals surface area contributed by atoms with Gasteiger partial charge in [0.2, 0.25) is 11.8 Å². The van der Waals surface area contributed by atoms with Gasteiger partial charge in [-0.15, -0.1) is 0 Å². The van der Waals surface area contributed by atoms with Gasteiger partial charge in [-0.1, -0.05) is 36.8 Å². The summed E-state index contributed by atoms with van der Waals surface area (Å²) in [5.41, 5.74) is 0.649. The molecule has 1 saturated heterocycles. The van der Waals surface area contributed by atoms with Crippen molar-refractivity contribution in [1.82, 2.24) is 10.6 Å². The highest BCUT2D eigenvalue weighted by Crippen LogP contribution is 2.44. The second-order valence-corrected chi connectivity index (χ2v) is 6.11. The molecule has 21 heavy (non-hydrogen) atoms. The summed E-state index contributed by atoms with van der Waals surface area (Å²) in [7, 11) is 0. The summed E-state index contributed by atoms with van der Waals surface area (Å²) in [6.45, 7) is 0.717. The van der Waals surface area contributed by atoms with Crippen LogP contribution in [0.3, 0.4) is 0 Å². The number of nitrogens with one attached hydrogen (secondary N) is 2. The Hall–Kier alpha value is -1.84. The molecule has 0 unspecified atom stereocenters. The molecule has 1 aliphatic carbocycles.